The molecule has 0 aliphatic heterocycles. The Labute approximate surface area is 110 Å². The maximum absolute atomic E-state index is 11.8. The molecule has 0 aromatic heterocycles. The lowest BCUT2D eigenvalue weighted by molar-refractivity contribution is -0.174. The van der Waals surface area contributed by atoms with Crippen molar-refractivity contribution in [3.63, 3.8) is 0 Å². The van der Waals surface area contributed by atoms with Crippen molar-refractivity contribution in [2.75, 3.05) is 19.8 Å². The van der Waals surface area contributed by atoms with Gasteiger partial charge in [0.2, 0.25) is 0 Å². The monoisotopic (exact) mass is 277 g/mol. The van der Waals surface area contributed by atoms with Gasteiger partial charge in [-0.25, -0.2) is 0 Å². The van der Waals surface area contributed by atoms with E-state index in [0.717, 1.165) is 11.1 Å². The molecule has 0 heterocycles. The molecular formula is C13H18F3NO2. The van der Waals surface area contributed by atoms with Gasteiger partial charge in [0.15, 0.2) is 0 Å². The average molecular weight is 277 g/mol. The first kappa shape index (κ1) is 15.8. The second-order valence-electron chi connectivity index (χ2n) is 4.17. The van der Waals surface area contributed by atoms with Crippen molar-refractivity contribution in [3.05, 3.63) is 29.3 Å². The minimum atomic E-state index is -4.27. The summed E-state index contributed by atoms with van der Waals surface area (Å²) in [6.45, 7) is 1.44. The van der Waals surface area contributed by atoms with Gasteiger partial charge in [0, 0.05) is 13.0 Å². The number of aryl methyl sites for hydroxylation is 1. The molecule has 0 unspecified atom stereocenters. The Morgan fingerprint density at radius 2 is 1.95 bits per heavy atom. The Hall–Kier alpha value is -1.27. The lowest BCUT2D eigenvalue weighted by Crippen LogP contribution is -2.18. The molecule has 0 radical (unpaired) electrons. The van der Waals surface area contributed by atoms with E-state index in [9.17, 15) is 13.2 Å². The van der Waals surface area contributed by atoms with Gasteiger partial charge in [-0.15, -0.1) is 0 Å². The Balaban J connectivity index is 2.26. The lowest BCUT2D eigenvalue weighted by atomic mass is 10.1. The Kier molecular flexibility index (Phi) is 6.11. The van der Waals surface area contributed by atoms with Crippen molar-refractivity contribution in [1.82, 2.24) is 0 Å². The number of nitrogens with two attached hydrogens (primary N) is 1. The first-order chi connectivity index (χ1) is 8.92. The molecule has 0 aliphatic carbocycles. The second kappa shape index (κ2) is 7.35. The van der Waals surface area contributed by atoms with E-state index in [4.69, 9.17) is 10.5 Å². The smallest absolute Gasteiger partial charge is 0.411 e. The Morgan fingerprint density at radius 1 is 1.21 bits per heavy atom. The predicted octanol–water partition coefficient (Wildman–Crippen LogP) is 2.80. The Bertz CT molecular complexity index is 394. The maximum atomic E-state index is 11.8. The van der Waals surface area contributed by atoms with Crippen LogP contribution < -0.4 is 10.5 Å². The maximum Gasteiger partial charge on any atom is 0.411 e. The molecule has 0 aliphatic rings. The third-order valence-electron chi connectivity index (χ3n) is 2.44. The van der Waals surface area contributed by atoms with Gasteiger partial charge >= 0.3 is 6.18 Å². The van der Waals surface area contributed by atoms with Gasteiger partial charge in [-0.3, -0.25) is 0 Å². The van der Waals surface area contributed by atoms with Crippen LogP contribution in [0.4, 0.5) is 13.2 Å². The van der Waals surface area contributed by atoms with Crippen molar-refractivity contribution < 1.29 is 22.6 Å². The van der Waals surface area contributed by atoms with Crippen LogP contribution in [-0.4, -0.2) is 26.0 Å². The first-order valence-corrected chi connectivity index (χ1v) is 5.99. The number of ether oxygens (including phenoxy) is 2. The molecular weight excluding hydrogens is 259 g/mol. The van der Waals surface area contributed by atoms with Gasteiger partial charge < -0.3 is 15.2 Å². The van der Waals surface area contributed by atoms with E-state index in [-0.39, 0.29) is 6.61 Å². The van der Waals surface area contributed by atoms with Gasteiger partial charge in [0.05, 0.1) is 13.2 Å². The van der Waals surface area contributed by atoms with Crippen molar-refractivity contribution in [2.45, 2.75) is 26.1 Å². The molecule has 1 aromatic carbocycles. The quantitative estimate of drug-likeness (QED) is 0.779. The summed E-state index contributed by atoms with van der Waals surface area (Å²) in [5, 5.41) is 0. The zero-order chi connectivity index (χ0) is 14.3. The standard InChI is InChI=1S/C13H18F3NO2/c1-10-3-4-11(8-17)7-12(10)19-6-2-5-18-9-13(14,15)16/h3-4,7H,2,5-6,8-9,17H2,1H3. The number of alkyl halides is 3. The molecule has 0 fully saturated rings. The highest BCUT2D eigenvalue weighted by Crippen LogP contribution is 2.19. The normalized spacial score (nSPS) is 11.6. The molecule has 1 aromatic rings. The number of benzene rings is 1. The molecule has 0 bridgehead atoms. The summed E-state index contributed by atoms with van der Waals surface area (Å²) in [7, 11) is 0. The summed E-state index contributed by atoms with van der Waals surface area (Å²) in [5.41, 5.74) is 7.44. The summed E-state index contributed by atoms with van der Waals surface area (Å²) >= 11 is 0. The number of hydrogen-bond acceptors (Lipinski definition) is 3. The molecule has 6 heteroatoms. The molecule has 0 amide bonds. The molecule has 2 N–H and O–H groups in total. The van der Waals surface area contributed by atoms with E-state index < -0.39 is 12.8 Å². The first-order valence-electron chi connectivity index (χ1n) is 5.99. The van der Waals surface area contributed by atoms with Crippen molar-refractivity contribution in [3.8, 4) is 5.75 Å². The van der Waals surface area contributed by atoms with Gasteiger partial charge in [0.25, 0.3) is 0 Å². The van der Waals surface area contributed by atoms with Crippen molar-refractivity contribution in [2.24, 2.45) is 5.73 Å². The van der Waals surface area contributed by atoms with Crippen molar-refractivity contribution >= 4 is 0 Å². The summed E-state index contributed by atoms with van der Waals surface area (Å²) in [6.07, 6.45) is -3.87. The zero-order valence-corrected chi connectivity index (χ0v) is 10.8. The molecule has 108 valence electrons. The van der Waals surface area contributed by atoms with E-state index in [1.807, 2.05) is 25.1 Å². The summed E-state index contributed by atoms with van der Waals surface area (Å²) in [5.74, 6) is 0.707. The molecule has 0 saturated heterocycles. The molecule has 0 spiro atoms. The fraction of sp³-hybridized carbons (Fsp3) is 0.538. The van der Waals surface area contributed by atoms with Gasteiger partial charge in [-0.1, -0.05) is 12.1 Å². The van der Waals surface area contributed by atoms with E-state index in [1.54, 1.807) is 0 Å². The van der Waals surface area contributed by atoms with Crippen LogP contribution in [0.3, 0.4) is 0 Å². The van der Waals surface area contributed by atoms with E-state index in [0.29, 0.717) is 25.3 Å². The summed E-state index contributed by atoms with van der Waals surface area (Å²) in [4.78, 5) is 0. The largest absolute Gasteiger partial charge is 0.493 e. The minimum absolute atomic E-state index is 0.0230. The minimum Gasteiger partial charge on any atom is -0.493 e. The van der Waals surface area contributed by atoms with E-state index >= 15 is 0 Å². The van der Waals surface area contributed by atoms with E-state index in [1.165, 1.54) is 0 Å². The fourth-order valence-corrected chi connectivity index (χ4v) is 1.46. The van der Waals surface area contributed by atoms with E-state index in [2.05, 4.69) is 4.74 Å². The highest BCUT2D eigenvalue weighted by molar-refractivity contribution is 5.36. The lowest BCUT2D eigenvalue weighted by Gasteiger charge is -2.11. The van der Waals surface area contributed by atoms with Crippen LogP contribution in [0.15, 0.2) is 18.2 Å². The Morgan fingerprint density at radius 3 is 2.58 bits per heavy atom. The summed E-state index contributed by atoms with van der Waals surface area (Å²) in [6, 6.07) is 5.65. The zero-order valence-electron chi connectivity index (χ0n) is 10.8. The highest BCUT2D eigenvalue weighted by atomic mass is 19.4. The van der Waals surface area contributed by atoms with Crippen LogP contribution in [-0.2, 0) is 11.3 Å². The molecule has 1 rings (SSSR count). The van der Waals surface area contributed by atoms with Crippen LogP contribution in [0.2, 0.25) is 0 Å². The topological polar surface area (TPSA) is 44.5 Å². The van der Waals surface area contributed by atoms with Crippen LogP contribution in [0, 0.1) is 6.92 Å². The predicted molar refractivity (Wildman–Crippen MR) is 66.1 cm³/mol. The van der Waals surface area contributed by atoms with Crippen LogP contribution >= 0.6 is 0 Å². The number of hydrogen-bond donors (Lipinski definition) is 1. The molecule has 3 nitrogen and oxygen atoms in total. The molecule has 0 saturated carbocycles. The van der Waals surface area contributed by atoms with Crippen LogP contribution in [0.1, 0.15) is 17.5 Å². The third kappa shape index (κ3) is 6.45. The van der Waals surface area contributed by atoms with Gasteiger partial charge in [-0.2, -0.15) is 13.2 Å². The van der Waals surface area contributed by atoms with Gasteiger partial charge in [0.1, 0.15) is 12.4 Å². The highest BCUT2D eigenvalue weighted by Gasteiger charge is 2.27. The van der Waals surface area contributed by atoms with Gasteiger partial charge in [-0.05, 0) is 24.1 Å². The van der Waals surface area contributed by atoms with Crippen molar-refractivity contribution in [1.29, 1.82) is 0 Å². The summed E-state index contributed by atoms with van der Waals surface area (Å²) < 4.78 is 45.4. The number of rotatable bonds is 7. The average Bonchev–Trinajstić information content (AvgIpc) is 2.34. The SMILES string of the molecule is Cc1ccc(CN)cc1OCCCOCC(F)(F)F. The number of halogens is 3. The second-order valence-corrected chi connectivity index (χ2v) is 4.17. The molecule has 0 atom stereocenters. The molecule has 19 heavy (non-hydrogen) atoms. The van der Waals surface area contributed by atoms with Crippen LogP contribution in [0.5, 0.6) is 5.75 Å². The van der Waals surface area contributed by atoms with Crippen LogP contribution in [0.25, 0.3) is 0 Å². The third-order valence-corrected chi connectivity index (χ3v) is 2.44. The fourth-order valence-electron chi connectivity index (χ4n) is 1.46.